The summed E-state index contributed by atoms with van der Waals surface area (Å²) >= 11 is 7.59. The first-order valence-electron chi connectivity index (χ1n) is 6.82. The van der Waals surface area contributed by atoms with Gasteiger partial charge in [0, 0.05) is 29.6 Å². The Bertz CT molecular complexity index is 640. The van der Waals surface area contributed by atoms with E-state index >= 15 is 0 Å². The van der Waals surface area contributed by atoms with Gasteiger partial charge in [-0.1, -0.05) is 25.4 Å². The molecule has 0 radical (unpaired) electrons. The fourth-order valence-corrected chi connectivity index (χ4v) is 2.74. The molecular weight excluding hydrogens is 306 g/mol. The maximum atomic E-state index is 12.2. The highest BCUT2D eigenvalue weighted by Crippen LogP contribution is 2.17. The van der Waals surface area contributed by atoms with Crippen molar-refractivity contribution in [3.8, 4) is 0 Å². The van der Waals surface area contributed by atoms with Crippen molar-refractivity contribution in [3.05, 3.63) is 44.6 Å². The van der Waals surface area contributed by atoms with Crippen LogP contribution in [0.2, 0.25) is 5.15 Å². The molecule has 0 aromatic carbocycles. The average molecular weight is 324 g/mol. The van der Waals surface area contributed by atoms with Crippen molar-refractivity contribution in [1.82, 2.24) is 15.3 Å². The molecule has 6 heteroatoms. The first kappa shape index (κ1) is 15.9. The van der Waals surface area contributed by atoms with Gasteiger partial charge in [0.1, 0.15) is 5.15 Å². The van der Waals surface area contributed by atoms with Crippen LogP contribution in [0.1, 0.15) is 46.5 Å². The lowest BCUT2D eigenvalue weighted by Gasteiger charge is -2.09. The molecular formula is C15H18ClN3OS. The topological polar surface area (TPSA) is 54.9 Å². The van der Waals surface area contributed by atoms with Crippen LogP contribution in [-0.2, 0) is 6.42 Å². The number of nitrogens with one attached hydrogen (secondary N) is 1. The maximum Gasteiger partial charge on any atom is 0.251 e. The number of amides is 1. The molecule has 0 unspecified atom stereocenters. The van der Waals surface area contributed by atoms with E-state index in [-0.39, 0.29) is 11.8 Å². The van der Waals surface area contributed by atoms with Crippen LogP contribution in [0.3, 0.4) is 0 Å². The molecule has 2 aromatic rings. The molecule has 4 nitrogen and oxygen atoms in total. The predicted octanol–water partition coefficient (Wildman–Crippen LogP) is 3.60. The smallest absolute Gasteiger partial charge is 0.251 e. The molecule has 0 spiro atoms. The van der Waals surface area contributed by atoms with E-state index in [1.54, 1.807) is 23.5 Å². The molecule has 0 aliphatic heterocycles. The second-order valence-electron chi connectivity index (χ2n) is 5.12. The van der Waals surface area contributed by atoms with Crippen LogP contribution in [0.25, 0.3) is 0 Å². The number of carbonyl (C=O) groups is 1. The molecule has 0 saturated carbocycles. The van der Waals surface area contributed by atoms with Gasteiger partial charge < -0.3 is 5.32 Å². The van der Waals surface area contributed by atoms with Gasteiger partial charge in [-0.25, -0.2) is 9.97 Å². The van der Waals surface area contributed by atoms with Gasteiger partial charge in [-0.3, -0.25) is 4.79 Å². The predicted molar refractivity (Wildman–Crippen MR) is 86.2 cm³/mol. The Labute approximate surface area is 133 Å². The van der Waals surface area contributed by atoms with Crippen molar-refractivity contribution >= 4 is 28.8 Å². The van der Waals surface area contributed by atoms with E-state index < -0.39 is 0 Å². The minimum absolute atomic E-state index is 0.131. The van der Waals surface area contributed by atoms with E-state index in [9.17, 15) is 4.79 Å². The Morgan fingerprint density at radius 1 is 1.38 bits per heavy atom. The third kappa shape index (κ3) is 4.51. The van der Waals surface area contributed by atoms with Crippen molar-refractivity contribution in [1.29, 1.82) is 0 Å². The molecule has 0 aliphatic rings. The van der Waals surface area contributed by atoms with Gasteiger partial charge in [0.25, 0.3) is 5.91 Å². The van der Waals surface area contributed by atoms with Crippen LogP contribution in [-0.4, -0.2) is 22.4 Å². The largest absolute Gasteiger partial charge is 0.352 e. The van der Waals surface area contributed by atoms with Crippen LogP contribution in [0.5, 0.6) is 0 Å². The van der Waals surface area contributed by atoms with Crippen LogP contribution < -0.4 is 5.32 Å². The van der Waals surface area contributed by atoms with Crippen LogP contribution >= 0.6 is 22.9 Å². The van der Waals surface area contributed by atoms with Crippen LogP contribution in [0.15, 0.2) is 17.5 Å². The lowest BCUT2D eigenvalue weighted by atomic mass is 10.1. The highest BCUT2D eigenvalue weighted by Gasteiger charge is 2.11. The summed E-state index contributed by atoms with van der Waals surface area (Å²) in [4.78, 5) is 20.7. The van der Waals surface area contributed by atoms with E-state index in [2.05, 4.69) is 15.3 Å². The number of rotatable bonds is 5. The minimum Gasteiger partial charge on any atom is -0.352 e. The number of thiazole rings is 1. The summed E-state index contributed by atoms with van der Waals surface area (Å²) in [5, 5.41) is 6.29. The summed E-state index contributed by atoms with van der Waals surface area (Å²) in [6.45, 7) is 6.56. The minimum atomic E-state index is -0.131. The molecule has 112 valence electrons. The van der Waals surface area contributed by atoms with Gasteiger partial charge in [0.15, 0.2) is 0 Å². The SMILES string of the molecule is Cc1nc(CCNC(=O)c2cc(Cl)nc(C(C)C)c2)cs1. The fourth-order valence-electron chi connectivity index (χ4n) is 1.87. The van der Waals surface area contributed by atoms with Crippen molar-refractivity contribution in [3.63, 3.8) is 0 Å². The normalized spacial score (nSPS) is 10.9. The lowest BCUT2D eigenvalue weighted by Crippen LogP contribution is -2.26. The van der Waals surface area contributed by atoms with E-state index in [1.807, 2.05) is 26.2 Å². The zero-order chi connectivity index (χ0) is 15.4. The van der Waals surface area contributed by atoms with Gasteiger partial charge in [-0.05, 0) is 25.0 Å². The summed E-state index contributed by atoms with van der Waals surface area (Å²) in [6.07, 6.45) is 0.728. The third-order valence-corrected chi connectivity index (χ3v) is 4.02. The number of hydrogen-bond donors (Lipinski definition) is 1. The number of aromatic nitrogens is 2. The molecule has 1 N–H and O–H groups in total. The number of carbonyl (C=O) groups excluding carboxylic acids is 1. The molecule has 2 heterocycles. The Balaban J connectivity index is 1.96. The third-order valence-electron chi connectivity index (χ3n) is 3.00. The van der Waals surface area contributed by atoms with Gasteiger partial charge in [0.2, 0.25) is 0 Å². The maximum absolute atomic E-state index is 12.2. The summed E-state index contributed by atoms with van der Waals surface area (Å²) in [5.74, 6) is 0.0985. The molecule has 0 bridgehead atoms. The van der Waals surface area contributed by atoms with Crippen molar-refractivity contribution in [2.75, 3.05) is 6.54 Å². The number of pyridine rings is 1. The number of nitrogens with zero attached hydrogens (tertiary/aromatic N) is 2. The Kier molecular flexibility index (Phi) is 5.31. The monoisotopic (exact) mass is 323 g/mol. The molecule has 0 fully saturated rings. The highest BCUT2D eigenvalue weighted by molar-refractivity contribution is 7.09. The number of aryl methyl sites for hydroxylation is 1. The summed E-state index contributed by atoms with van der Waals surface area (Å²) in [5.41, 5.74) is 2.38. The Hall–Kier alpha value is -1.46. The first-order chi connectivity index (χ1) is 9.95. The Morgan fingerprint density at radius 2 is 2.14 bits per heavy atom. The average Bonchev–Trinajstić information content (AvgIpc) is 2.83. The van der Waals surface area contributed by atoms with Crippen molar-refractivity contribution < 1.29 is 4.79 Å². The van der Waals surface area contributed by atoms with Crippen LogP contribution in [0, 0.1) is 6.92 Å². The zero-order valence-corrected chi connectivity index (χ0v) is 13.9. The van der Waals surface area contributed by atoms with Crippen molar-refractivity contribution in [2.24, 2.45) is 0 Å². The van der Waals surface area contributed by atoms with E-state index in [0.29, 0.717) is 17.3 Å². The summed E-state index contributed by atoms with van der Waals surface area (Å²) in [7, 11) is 0. The molecule has 21 heavy (non-hydrogen) atoms. The van der Waals surface area contributed by atoms with E-state index in [0.717, 1.165) is 22.8 Å². The molecule has 2 aromatic heterocycles. The number of hydrogen-bond acceptors (Lipinski definition) is 4. The first-order valence-corrected chi connectivity index (χ1v) is 8.08. The molecule has 2 rings (SSSR count). The van der Waals surface area contributed by atoms with Crippen molar-refractivity contribution in [2.45, 2.75) is 33.1 Å². The molecule has 0 saturated heterocycles. The molecule has 0 atom stereocenters. The Morgan fingerprint density at radius 3 is 2.76 bits per heavy atom. The summed E-state index contributed by atoms with van der Waals surface area (Å²) in [6, 6.07) is 3.38. The standard InChI is InChI=1S/C15H18ClN3OS/c1-9(2)13-6-11(7-14(16)19-13)15(20)17-5-4-12-8-21-10(3)18-12/h6-9H,4-5H2,1-3H3,(H,17,20). The summed E-state index contributed by atoms with van der Waals surface area (Å²) < 4.78 is 0. The van der Waals surface area contributed by atoms with Crippen LogP contribution in [0.4, 0.5) is 0 Å². The quantitative estimate of drug-likeness (QED) is 0.855. The zero-order valence-electron chi connectivity index (χ0n) is 12.3. The second kappa shape index (κ2) is 7.00. The number of halogens is 1. The lowest BCUT2D eigenvalue weighted by molar-refractivity contribution is 0.0954. The van der Waals surface area contributed by atoms with E-state index in [4.69, 9.17) is 11.6 Å². The second-order valence-corrected chi connectivity index (χ2v) is 6.57. The highest BCUT2D eigenvalue weighted by atomic mass is 35.5. The van der Waals surface area contributed by atoms with Gasteiger partial charge >= 0.3 is 0 Å². The van der Waals surface area contributed by atoms with Gasteiger partial charge in [-0.15, -0.1) is 11.3 Å². The van der Waals surface area contributed by atoms with Gasteiger partial charge in [0.05, 0.1) is 10.7 Å². The fraction of sp³-hybridized carbons (Fsp3) is 0.400. The molecule has 0 aliphatic carbocycles. The van der Waals surface area contributed by atoms with E-state index in [1.165, 1.54) is 0 Å². The van der Waals surface area contributed by atoms with Gasteiger partial charge in [-0.2, -0.15) is 0 Å². The molecule has 1 amide bonds.